The van der Waals surface area contributed by atoms with Crippen molar-refractivity contribution in [3.05, 3.63) is 72.1 Å². The molecule has 0 aliphatic heterocycles. The lowest BCUT2D eigenvalue weighted by Crippen LogP contribution is -2.12. The lowest BCUT2D eigenvalue weighted by Gasteiger charge is -2.10. The maximum absolute atomic E-state index is 12.5. The quantitative estimate of drug-likeness (QED) is 0.535. The lowest BCUT2D eigenvalue weighted by molar-refractivity contribution is 0.102. The van der Waals surface area contributed by atoms with Crippen LogP contribution in [0.2, 0.25) is 0 Å². The Morgan fingerprint density at radius 3 is 2.72 bits per heavy atom. The van der Waals surface area contributed by atoms with Crippen molar-refractivity contribution >= 4 is 22.6 Å². The fourth-order valence-electron chi connectivity index (χ4n) is 2.75. The zero-order chi connectivity index (χ0) is 17.2. The van der Waals surface area contributed by atoms with Crippen LogP contribution in [-0.4, -0.2) is 31.1 Å². The first-order chi connectivity index (χ1) is 12.2. The first-order valence-corrected chi connectivity index (χ1v) is 7.91. The maximum Gasteiger partial charge on any atom is 0.255 e. The lowest BCUT2D eigenvalue weighted by atomic mass is 9.99. The molecule has 7 nitrogen and oxygen atoms in total. The van der Waals surface area contributed by atoms with Gasteiger partial charge in [0.05, 0.1) is 17.3 Å². The molecule has 4 aromatic rings. The third-order valence-corrected chi connectivity index (χ3v) is 4.20. The molecule has 0 spiro atoms. The number of aromatic nitrogens is 5. The summed E-state index contributed by atoms with van der Waals surface area (Å²) < 4.78 is 0. The minimum absolute atomic E-state index is 0.137. The van der Waals surface area contributed by atoms with Gasteiger partial charge in [-0.2, -0.15) is 5.10 Å². The molecule has 0 aliphatic carbocycles. The number of aromatic amines is 2. The topological polar surface area (TPSA) is 99.3 Å². The molecule has 1 unspecified atom stereocenters. The van der Waals surface area contributed by atoms with E-state index in [1.165, 1.54) is 0 Å². The second-order valence-electron chi connectivity index (χ2n) is 5.76. The molecular formula is C18H16N6O. The second kappa shape index (κ2) is 6.20. The predicted molar refractivity (Wildman–Crippen MR) is 94.4 cm³/mol. The normalized spacial score (nSPS) is 12.2. The first-order valence-electron chi connectivity index (χ1n) is 7.91. The van der Waals surface area contributed by atoms with E-state index in [9.17, 15) is 4.79 Å². The number of amides is 1. The average molecular weight is 332 g/mol. The van der Waals surface area contributed by atoms with E-state index < -0.39 is 0 Å². The number of fused-ring (bicyclic) bond motifs is 1. The van der Waals surface area contributed by atoms with Gasteiger partial charge in [0, 0.05) is 30.1 Å². The van der Waals surface area contributed by atoms with Gasteiger partial charge in [-0.3, -0.25) is 9.89 Å². The summed E-state index contributed by atoms with van der Waals surface area (Å²) in [6, 6.07) is 9.28. The number of nitrogens with zero attached hydrogens (tertiary/aromatic N) is 3. The number of hydrogen-bond donors (Lipinski definition) is 3. The fourth-order valence-corrected chi connectivity index (χ4v) is 2.75. The van der Waals surface area contributed by atoms with E-state index >= 15 is 0 Å². The van der Waals surface area contributed by atoms with Crippen molar-refractivity contribution in [1.29, 1.82) is 0 Å². The molecule has 0 saturated carbocycles. The highest BCUT2D eigenvalue weighted by atomic mass is 16.1. The summed E-state index contributed by atoms with van der Waals surface area (Å²) in [7, 11) is 0. The summed E-state index contributed by atoms with van der Waals surface area (Å²) >= 11 is 0. The van der Waals surface area contributed by atoms with Gasteiger partial charge in [0.2, 0.25) is 0 Å². The molecule has 4 rings (SSSR count). The van der Waals surface area contributed by atoms with Gasteiger partial charge < -0.3 is 10.3 Å². The van der Waals surface area contributed by atoms with Gasteiger partial charge in [-0.1, -0.05) is 19.1 Å². The average Bonchev–Trinajstić information content (AvgIpc) is 3.33. The minimum atomic E-state index is -0.175. The molecule has 7 heteroatoms. The zero-order valence-corrected chi connectivity index (χ0v) is 13.5. The SMILES string of the molecule is CC(c1ccc(C(=O)Nc2ccnc3[nH]ncc23)cc1)c1ncc[nH]1. The van der Waals surface area contributed by atoms with Gasteiger partial charge in [-0.15, -0.1) is 0 Å². The Kier molecular flexibility index (Phi) is 3.74. The summed E-state index contributed by atoms with van der Waals surface area (Å²) in [5, 5.41) is 10.4. The van der Waals surface area contributed by atoms with E-state index in [0.29, 0.717) is 16.9 Å². The van der Waals surface area contributed by atoms with E-state index in [2.05, 4.69) is 37.4 Å². The number of benzene rings is 1. The summed E-state index contributed by atoms with van der Waals surface area (Å²) in [6.45, 7) is 2.07. The van der Waals surface area contributed by atoms with Crippen LogP contribution < -0.4 is 5.32 Å². The number of pyridine rings is 1. The zero-order valence-electron chi connectivity index (χ0n) is 13.5. The molecule has 3 N–H and O–H groups in total. The highest BCUT2D eigenvalue weighted by Gasteiger charge is 2.13. The molecule has 124 valence electrons. The van der Waals surface area contributed by atoms with Crippen LogP contribution >= 0.6 is 0 Å². The van der Waals surface area contributed by atoms with Crippen LogP contribution in [0.1, 0.15) is 34.6 Å². The summed E-state index contributed by atoms with van der Waals surface area (Å²) in [6.07, 6.45) is 6.81. The van der Waals surface area contributed by atoms with Crippen LogP contribution in [0.3, 0.4) is 0 Å². The Hall–Kier alpha value is -3.48. The summed E-state index contributed by atoms with van der Waals surface area (Å²) in [5.41, 5.74) is 2.99. The van der Waals surface area contributed by atoms with Gasteiger partial charge in [0.1, 0.15) is 5.82 Å². The predicted octanol–water partition coefficient (Wildman–Crippen LogP) is 3.09. The Morgan fingerprint density at radius 1 is 1.12 bits per heavy atom. The van der Waals surface area contributed by atoms with Crippen molar-refractivity contribution in [1.82, 2.24) is 25.1 Å². The standard InChI is InChI=1S/C18H16N6O/c1-11(16-20-8-9-21-16)12-2-4-13(5-3-12)18(25)23-15-6-7-19-17-14(15)10-22-24-17/h2-11H,1H3,(H,20,21)(H2,19,22,23,24,25). The van der Waals surface area contributed by atoms with Crippen LogP contribution in [0.15, 0.2) is 55.1 Å². The smallest absolute Gasteiger partial charge is 0.255 e. The van der Waals surface area contributed by atoms with Crippen molar-refractivity contribution in [2.75, 3.05) is 5.32 Å². The Bertz CT molecular complexity index is 1000. The number of carbonyl (C=O) groups excluding carboxylic acids is 1. The van der Waals surface area contributed by atoms with Gasteiger partial charge in [0.25, 0.3) is 5.91 Å². The van der Waals surface area contributed by atoms with Crippen molar-refractivity contribution in [3.63, 3.8) is 0 Å². The van der Waals surface area contributed by atoms with E-state index in [-0.39, 0.29) is 11.8 Å². The number of carbonyl (C=O) groups is 1. The number of rotatable bonds is 4. The number of H-pyrrole nitrogens is 2. The number of nitrogens with one attached hydrogen (secondary N) is 3. The highest BCUT2D eigenvalue weighted by Crippen LogP contribution is 2.23. The maximum atomic E-state index is 12.5. The van der Waals surface area contributed by atoms with Crippen LogP contribution in [-0.2, 0) is 0 Å². The molecule has 0 fully saturated rings. The highest BCUT2D eigenvalue weighted by molar-refractivity contribution is 6.08. The number of imidazole rings is 1. The summed E-state index contributed by atoms with van der Waals surface area (Å²) in [4.78, 5) is 24.1. The van der Waals surface area contributed by atoms with Crippen LogP contribution in [0.5, 0.6) is 0 Å². The molecular weight excluding hydrogens is 316 g/mol. The number of hydrogen-bond acceptors (Lipinski definition) is 4. The molecule has 1 amide bonds. The van der Waals surface area contributed by atoms with E-state index in [1.54, 1.807) is 30.9 Å². The molecule has 0 radical (unpaired) electrons. The molecule has 0 bridgehead atoms. The van der Waals surface area contributed by atoms with Gasteiger partial charge in [-0.05, 0) is 23.8 Å². The van der Waals surface area contributed by atoms with Crippen LogP contribution in [0, 0.1) is 0 Å². The monoisotopic (exact) mass is 332 g/mol. The van der Waals surface area contributed by atoms with E-state index in [4.69, 9.17) is 0 Å². The largest absolute Gasteiger partial charge is 0.348 e. The molecule has 3 aromatic heterocycles. The van der Waals surface area contributed by atoms with Crippen molar-refractivity contribution < 1.29 is 4.79 Å². The van der Waals surface area contributed by atoms with Crippen molar-refractivity contribution in [2.45, 2.75) is 12.8 Å². The van der Waals surface area contributed by atoms with Crippen LogP contribution in [0.25, 0.3) is 11.0 Å². The van der Waals surface area contributed by atoms with Crippen LogP contribution in [0.4, 0.5) is 5.69 Å². The summed E-state index contributed by atoms with van der Waals surface area (Å²) in [5.74, 6) is 0.861. The van der Waals surface area contributed by atoms with Gasteiger partial charge in [0.15, 0.2) is 5.65 Å². The van der Waals surface area contributed by atoms with E-state index in [0.717, 1.165) is 16.8 Å². The third-order valence-electron chi connectivity index (χ3n) is 4.20. The fraction of sp³-hybridized carbons (Fsp3) is 0.111. The Balaban J connectivity index is 1.54. The second-order valence-corrected chi connectivity index (χ2v) is 5.76. The Morgan fingerprint density at radius 2 is 1.96 bits per heavy atom. The van der Waals surface area contributed by atoms with Gasteiger partial charge in [-0.25, -0.2) is 9.97 Å². The molecule has 0 aliphatic rings. The minimum Gasteiger partial charge on any atom is -0.348 e. The third kappa shape index (κ3) is 2.87. The Labute approximate surface area is 143 Å². The molecule has 1 atom stereocenters. The first kappa shape index (κ1) is 15.1. The number of anilines is 1. The molecule has 0 saturated heterocycles. The van der Waals surface area contributed by atoms with Crippen molar-refractivity contribution in [2.24, 2.45) is 0 Å². The van der Waals surface area contributed by atoms with Crippen molar-refractivity contribution in [3.8, 4) is 0 Å². The molecule has 3 heterocycles. The molecule has 1 aromatic carbocycles. The van der Waals surface area contributed by atoms with Gasteiger partial charge >= 0.3 is 0 Å². The molecule has 25 heavy (non-hydrogen) atoms. The van der Waals surface area contributed by atoms with E-state index in [1.807, 2.05) is 24.3 Å².